The van der Waals surface area contributed by atoms with E-state index in [-0.39, 0.29) is 0 Å². The van der Waals surface area contributed by atoms with Crippen molar-refractivity contribution in [3.63, 3.8) is 0 Å². The van der Waals surface area contributed by atoms with E-state index in [1.54, 1.807) is 0 Å². The Morgan fingerprint density at radius 3 is 3.00 bits per heavy atom. The summed E-state index contributed by atoms with van der Waals surface area (Å²) < 4.78 is 5.47. The molecule has 0 aliphatic carbocycles. The molecule has 1 atom stereocenters. The second-order valence-electron chi connectivity index (χ2n) is 6.38. The van der Waals surface area contributed by atoms with E-state index in [4.69, 9.17) is 4.52 Å². The Bertz CT molecular complexity index is 428. The van der Waals surface area contributed by atoms with Gasteiger partial charge in [0.15, 0.2) is 5.76 Å². The summed E-state index contributed by atoms with van der Waals surface area (Å²) >= 11 is 0. The number of nitrogens with zero attached hydrogens (tertiary/aromatic N) is 3. The molecule has 2 aliphatic rings. The molecule has 2 aliphatic heterocycles. The van der Waals surface area contributed by atoms with Crippen LogP contribution in [0.4, 0.5) is 0 Å². The van der Waals surface area contributed by atoms with E-state index < -0.39 is 0 Å². The van der Waals surface area contributed by atoms with Crippen LogP contribution in [0.1, 0.15) is 44.1 Å². The lowest BCUT2D eigenvalue weighted by Crippen LogP contribution is -2.35. The van der Waals surface area contributed by atoms with Crippen LogP contribution < -0.4 is 5.32 Å². The predicted octanol–water partition coefficient (Wildman–Crippen LogP) is 1.84. The topological polar surface area (TPSA) is 44.5 Å². The summed E-state index contributed by atoms with van der Waals surface area (Å²) in [6.45, 7) is 9.90. The van der Waals surface area contributed by atoms with Crippen molar-refractivity contribution >= 4 is 0 Å². The molecule has 0 radical (unpaired) electrons. The fraction of sp³-hybridized carbons (Fsp3) is 0.812. The van der Waals surface area contributed by atoms with Crippen molar-refractivity contribution in [2.45, 2.75) is 51.7 Å². The fourth-order valence-corrected chi connectivity index (χ4v) is 3.49. The average Bonchev–Trinajstić information content (AvgIpc) is 3.20. The van der Waals surface area contributed by atoms with Gasteiger partial charge in [-0.2, -0.15) is 0 Å². The Hall–Kier alpha value is -0.910. The monoisotopic (exact) mass is 292 g/mol. The summed E-state index contributed by atoms with van der Waals surface area (Å²) in [5.41, 5.74) is 1.02. The molecule has 1 unspecified atom stereocenters. The van der Waals surface area contributed by atoms with Gasteiger partial charge in [0.2, 0.25) is 0 Å². The number of nitrogens with one attached hydrogen (secondary N) is 1. The minimum Gasteiger partial charge on any atom is -0.360 e. The summed E-state index contributed by atoms with van der Waals surface area (Å²) in [7, 11) is 0. The molecule has 5 heteroatoms. The zero-order chi connectivity index (χ0) is 14.5. The smallest absolute Gasteiger partial charge is 0.151 e. The van der Waals surface area contributed by atoms with Gasteiger partial charge in [0.25, 0.3) is 0 Å². The van der Waals surface area contributed by atoms with Gasteiger partial charge in [-0.3, -0.25) is 9.80 Å². The maximum absolute atomic E-state index is 5.47. The Balaban J connectivity index is 1.44. The van der Waals surface area contributed by atoms with Crippen molar-refractivity contribution in [2.24, 2.45) is 0 Å². The summed E-state index contributed by atoms with van der Waals surface area (Å²) in [5, 5.41) is 7.51. The Labute approximate surface area is 127 Å². The lowest BCUT2D eigenvalue weighted by molar-refractivity contribution is 0.219. The van der Waals surface area contributed by atoms with Gasteiger partial charge in [-0.1, -0.05) is 12.1 Å². The zero-order valence-electron chi connectivity index (χ0n) is 13.2. The molecule has 2 saturated heterocycles. The van der Waals surface area contributed by atoms with Crippen LogP contribution >= 0.6 is 0 Å². The van der Waals surface area contributed by atoms with Crippen LogP contribution in [-0.2, 0) is 13.1 Å². The van der Waals surface area contributed by atoms with Gasteiger partial charge in [0.1, 0.15) is 0 Å². The third-order valence-electron chi connectivity index (χ3n) is 4.62. The van der Waals surface area contributed by atoms with Crippen molar-refractivity contribution < 1.29 is 4.52 Å². The van der Waals surface area contributed by atoms with E-state index in [1.807, 2.05) is 0 Å². The van der Waals surface area contributed by atoms with E-state index in [2.05, 4.69) is 33.3 Å². The highest BCUT2D eigenvalue weighted by Gasteiger charge is 2.29. The zero-order valence-corrected chi connectivity index (χ0v) is 13.2. The van der Waals surface area contributed by atoms with Gasteiger partial charge in [-0.15, -0.1) is 0 Å². The second-order valence-corrected chi connectivity index (χ2v) is 6.38. The molecule has 5 nitrogen and oxygen atoms in total. The summed E-state index contributed by atoms with van der Waals surface area (Å²) in [5.74, 6) is 1.00. The van der Waals surface area contributed by atoms with Crippen molar-refractivity contribution in [2.75, 3.05) is 32.7 Å². The molecule has 3 rings (SSSR count). The minimum absolute atomic E-state index is 0.765. The SMILES string of the molecule is CCCNCc1cc(CN2CCC(N3CCCC3)C2)on1. The van der Waals surface area contributed by atoms with Gasteiger partial charge in [-0.25, -0.2) is 0 Å². The van der Waals surface area contributed by atoms with Crippen LogP contribution in [0.3, 0.4) is 0 Å². The molecule has 21 heavy (non-hydrogen) atoms. The summed E-state index contributed by atoms with van der Waals surface area (Å²) in [6, 6.07) is 2.87. The van der Waals surface area contributed by atoms with Crippen molar-refractivity contribution in [1.29, 1.82) is 0 Å². The molecule has 0 bridgehead atoms. The van der Waals surface area contributed by atoms with E-state index in [0.717, 1.165) is 43.6 Å². The maximum Gasteiger partial charge on any atom is 0.151 e. The van der Waals surface area contributed by atoms with Crippen molar-refractivity contribution in [3.8, 4) is 0 Å². The van der Waals surface area contributed by atoms with Gasteiger partial charge in [-0.05, 0) is 45.3 Å². The van der Waals surface area contributed by atoms with Crippen molar-refractivity contribution in [1.82, 2.24) is 20.3 Å². The first-order valence-corrected chi connectivity index (χ1v) is 8.46. The molecule has 0 aromatic carbocycles. The largest absolute Gasteiger partial charge is 0.360 e. The first-order valence-electron chi connectivity index (χ1n) is 8.46. The molecule has 1 aromatic rings. The predicted molar refractivity (Wildman–Crippen MR) is 83.0 cm³/mol. The van der Waals surface area contributed by atoms with Gasteiger partial charge < -0.3 is 9.84 Å². The van der Waals surface area contributed by atoms with Crippen LogP contribution in [0, 0.1) is 0 Å². The fourth-order valence-electron chi connectivity index (χ4n) is 3.49. The highest BCUT2D eigenvalue weighted by Crippen LogP contribution is 2.21. The van der Waals surface area contributed by atoms with Crippen LogP contribution in [0.5, 0.6) is 0 Å². The Kier molecular flexibility index (Phi) is 5.27. The summed E-state index contributed by atoms with van der Waals surface area (Å²) in [6.07, 6.45) is 5.22. The van der Waals surface area contributed by atoms with Crippen LogP contribution in [0.2, 0.25) is 0 Å². The highest BCUT2D eigenvalue weighted by atomic mass is 16.5. The molecular formula is C16H28N4O. The first-order chi connectivity index (χ1) is 10.3. The normalized spacial score (nSPS) is 24.1. The minimum atomic E-state index is 0.765. The standard InChI is InChI=1S/C16H28N4O/c1-2-6-17-11-14-10-16(21-18-14)13-19-9-5-15(12-19)20-7-3-4-8-20/h10,15,17H,2-9,11-13H2,1H3. The lowest BCUT2D eigenvalue weighted by atomic mass is 10.2. The number of aromatic nitrogens is 1. The first kappa shape index (κ1) is 15.0. The molecule has 1 aromatic heterocycles. The quantitative estimate of drug-likeness (QED) is 0.777. The second kappa shape index (κ2) is 7.38. The van der Waals surface area contributed by atoms with Crippen LogP contribution in [0.25, 0.3) is 0 Å². The molecule has 0 saturated carbocycles. The highest BCUT2D eigenvalue weighted by molar-refractivity contribution is 5.05. The Morgan fingerprint density at radius 2 is 2.19 bits per heavy atom. The number of hydrogen-bond donors (Lipinski definition) is 1. The van der Waals surface area contributed by atoms with E-state index in [0.29, 0.717) is 0 Å². The molecule has 118 valence electrons. The third-order valence-corrected chi connectivity index (χ3v) is 4.62. The van der Waals surface area contributed by atoms with Gasteiger partial charge in [0, 0.05) is 31.7 Å². The molecule has 2 fully saturated rings. The van der Waals surface area contributed by atoms with E-state index >= 15 is 0 Å². The summed E-state index contributed by atoms with van der Waals surface area (Å²) in [4.78, 5) is 5.17. The van der Waals surface area contributed by atoms with Crippen LogP contribution in [-0.4, -0.2) is 53.7 Å². The lowest BCUT2D eigenvalue weighted by Gasteiger charge is -2.23. The molecule has 1 N–H and O–H groups in total. The van der Waals surface area contributed by atoms with Crippen LogP contribution in [0.15, 0.2) is 10.6 Å². The van der Waals surface area contributed by atoms with Crippen molar-refractivity contribution in [3.05, 3.63) is 17.5 Å². The molecule has 3 heterocycles. The van der Waals surface area contributed by atoms with Gasteiger partial charge in [0.05, 0.1) is 12.2 Å². The van der Waals surface area contributed by atoms with E-state index in [1.165, 1.54) is 45.4 Å². The van der Waals surface area contributed by atoms with Gasteiger partial charge >= 0.3 is 0 Å². The average molecular weight is 292 g/mol. The number of likely N-dealkylation sites (tertiary alicyclic amines) is 2. The maximum atomic E-state index is 5.47. The van der Waals surface area contributed by atoms with E-state index in [9.17, 15) is 0 Å². The Morgan fingerprint density at radius 1 is 1.33 bits per heavy atom. The molecule has 0 amide bonds. The third kappa shape index (κ3) is 4.05. The molecule has 0 spiro atoms. The number of rotatable bonds is 7. The number of hydrogen-bond acceptors (Lipinski definition) is 5. The molecular weight excluding hydrogens is 264 g/mol.